The Hall–Kier alpha value is -0.220. The number of rotatable bonds is 5. The maximum Gasteiger partial charge on any atom is 0.217 e. The van der Waals surface area contributed by atoms with Crippen LogP contribution in [0, 0.1) is 0 Å². The van der Waals surface area contributed by atoms with Gasteiger partial charge >= 0.3 is 0 Å². The van der Waals surface area contributed by atoms with E-state index in [2.05, 4.69) is 12.2 Å². The van der Waals surface area contributed by atoms with Gasteiger partial charge in [0.05, 0.1) is 0 Å². The van der Waals surface area contributed by atoms with Crippen molar-refractivity contribution in [3.05, 3.63) is 0 Å². The molecule has 2 unspecified atom stereocenters. The van der Waals surface area contributed by atoms with Crippen molar-refractivity contribution in [3.63, 3.8) is 0 Å². The van der Waals surface area contributed by atoms with Gasteiger partial charge in [0.1, 0.15) is 0 Å². The summed E-state index contributed by atoms with van der Waals surface area (Å²) in [6.45, 7) is 3.17. The number of primary amides is 1. The van der Waals surface area contributed by atoms with Crippen molar-refractivity contribution < 1.29 is 4.79 Å². The van der Waals surface area contributed by atoms with Crippen molar-refractivity contribution >= 4 is 17.7 Å². The molecule has 1 saturated heterocycles. The Balaban J connectivity index is 2.02. The number of carbonyl (C=O) groups excluding carboxylic acids is 1. The molecule has 1 amide bonds. The third kappa shape index (κ3) is 4.00. The molecular weight excluding hydrogens is 184 g/mol. The first-order valence-corrected chi connectivity index (χ1v) is 5.88. The van der Waals surface area contributed by atoms with Crippen molar-refractivity contribution in [2.75, 3.05) is 12.3 Å². The lowest BCUT2D eigenvalue weighted by Gasteiger charge is -2.15. The van der Waals surface area contributed by atoms with Gasteiger partial charge in [-0.05, 0) is 25.1 Å². The summed E-state index contributed by atoms with van der Waals surface area (Å²) in [5, 5.41) is 4.17. The third-order valence-corrected chi connectivity index (χ3v) is 3.71. The molecule has 2 atom stereocenters. The molecule has 0 radical (unpaired) electrons. The summed E-state index contributed by atoms with van der Waals surface area (Å²) in [6.07, 6.45) is 2.62. The van der Waals surface area contributed by atoms with Crippen LogP contribution >= 0.6 is 11.8 Å². The zero-order chi connectivity index (χ0) is 9.68. The molecule has 0 aromatic heterocycles. The van der Waals surface area contributed by atoms with Crippen molar-refractivity contribution in [1.82, 2.24) is 5.32 Å². The average molecular weight is 202 g/mol. The summed E-state index contributed by atoms with van der Waals surface area (Å²) < 4.78 is 0. The van der Waals surface area contributed by atoms with Crippen LogP contribution in [0.25, 0.3) is 0 Å². The summed E-state index contributed by atoms with van der Waals surface area (Å²) >= 11 is 2.02. The Labute approximate surface area is 83.8 Å². The van der Waals surface area contributed by atoms with Gasteiger partial charge in [-0.15, -0.1) is 0 Å². The Morgan fingerprint density at radius 1 is 1.69 bits per heavy atom. The smallest absolute Gasteiger partial charge is 0.217 e. The first kappa shape index (κ1) is 10.9. The maximum atomic E-state index is 10.5. The van der Waals surface area contributed by atoms with Crippen molar-refractivity contribution in [3.8, 4) is 0 Å². The van der Waals surface area contributed by atoms with E-state index in [1.807, 2.05) is 11.8 Å². The van der Waals surface area contributed by atoms with Crippen LogP contribution in [0.5, 0.6) is 0 Å². The van der Waals surface area contributed by atoms with Crippen LogP contribution in [-0.4, -0.2) is 29.5 Å². The second kappa shape index (κ2) is 5.50. The molecule has 1 aliphatic rings. The molecule has 0 aromatic carbocycles. The van der Waals surface area contributed by atoms with Gasteiger partial charge in [0, 0.05) is 17.7 Å². The highest BCUT2D eigenvalue weighted by Crippen LogP contribution is 2.25. The Morgan fingerprint density at radius 2 is 2.46 bits per heavy atom. The van der Waals surface area contributed by atoms with E-state index in [-0.39, 0.29) is 5.91 Å². The summed E-state index contributed by atoms with van der Waals surface area (Å²) in [7, 11) is 0. The minimum atomic E-state index is -0.198. The lowest BCUT2D eigenvalue weighted by molar-refractivity contribution is -0.118. The fourth-order valence-electron chi connectivity index (χ4n) is 1.55. The lowest BCUT2D eigenvalue weighted by Crippen LogP contribution is -2.34. The monoisotopic (exact) mass is 202 g/mol. The van der Waals surface area contributed by atoms with E-state index < -0.39 is 0 Å². The second-order valence-corrected chi connectivity index (χ2v) is 4.98. The highest BCUT2D eigenvalue weighted by molar-refractivity contribution is 8.00. The average Bonchev–Trinajstić information content (AvgIpc) is 2.45. The lowest BCUT2D eigenvalue weighted by atomic mass is 10.1. The van der Waals surface area contributed by atoms with Gasteiger partial charge in [-0.2, -0.15) is 11.8 Å². The van der Waals surface area contributed by atoms with Gasteiger partial charge in [0.15, 0.2) is 0 Å². The minimum Gasteiger partial charge on any atom is -0.370 e. The van der Waals surface area contributed by atoms with Crippen LogP contribution in [0.1, 0.15) is 26.2 Å². The largest absolute Gasteiger partial charge is 0.370 e. The summed E-state index contributed by atoms with van der Waals surface area (Å²) in [5.41, 5.74) is 5.04. The normalized spacial score (nSPS) is 27.8. The first-order chi connectivity index (χ1) is 6.20. The number of nitrogens with two attached hydrogens (primary N) is 1. The van der Waals surface area contributed by atoms with Crippen molar-refractivity contribution in [2.45, 2.75) is 37.5 Å². The summed E-state index contributed by atoms with van der Waals surface area (Å²) in [6, 6.07) is 0.637. The predicted octanol–water partition coefficient (Wildman–Crippen LogP) is 0.736. The van der Waals surface area contributed by atoms with Gasteiger partial charge in [-0.3, -0.25) is 4.79 Å². The summed E-state index contributed by atoms with van der Waals surface area (Å²) in [5.74, 6) is 1.06. The zero-order valence-corrected chi connectivity index (χ0v) is 8.90. The van der Waals surface area contributed by atoms with Crippen molar-refractivity contribution in [2.24, 2.45) is 5.73 Å². The Bertz CT molecular complexity index is 175. The van der Waals surface area contributed by atoms with Gasteiger partial charge < -0.3 is 11.1 Å². The minimum absolute atomic E-state index is 0.198. The van der Waals surface area contributed by atoms with E-state index in [1.54, 1.807) is 0 Å². The van der Waals surface area contributed by atoms with E-state index in [0.717, 1.165) is 13.0 Å². The number of amides is 1. The molecule has 3 N–H and O–H groups in total. The molecule has 1 fully saturated rings. The zero-order valence-electron chi connectivity index (χ0n) is 8.08. The Kier molecular flexibility index (Phi) is 4.59. The molecule has 1 heterocycles. The number of hydrogen-bond acceptors (Lipinski definition) is 3. The third-order valence-electron chi connectivity index (χ3n) is 2.38. The van der Waals surface area contributed by atoms with E-state index >= 15 is 0 Å². The van der Waals surface area contributed by atoms with Crippen LogP contribution in [0.4, 0.5) is 0 Å². The Morgan fingerprint density at radius 3 is 3.00 bits per heavy atom. The summed E-state index contributed by atoms with van der Waals surface area (Å²) in [4.78, 5) is 10.5. The van der Waals surface area contributed by atoms with Gasteiger partial charge in [-0.25, -0.2) is 0 Å². The van der Waals surface area contributed by atoms with Gasteiger partial charge in [0.2, 0.25) is 5.91 Å². The van der Waals surface area contributed by atoms with Crippen LogP contribution in [-0.2, 0) is 4.79 Å². The van der Waals surface area contributed by atoms with Crippen LogP contribution in [0.2, 0.25) is 0 Å². The molecule has 76 valence electrons. The molecule has 0 saturated carbocycles. The molecule has 1 rings (SSSR count). The number of thioether (sulfide) groups is 1. The number of hydrogen-bond donors (Lipinski definition) is 2. The predicted molar refractivity (Wildman–Crippen MR) is 56.8 cm³/mol. The van der Waals surface area contributed by atoms with Gasteiger partial charge in [0.25, 0.3) is 0 Å². The van der Waals surface area contributed by atoms with Crippen LogP contribution in [0.3, 0.4) is 0 Å². The SMILES string of the molecule is CC1SCCC1NCCCC(N)=O. The van der Waals surface area contributed by atoms with E-state index in [1.165, 1.54) is 12.2 Å². The maximum absolute atomic E-state index is 10.5. The first-order valence-electron chi connectivity index (χ1n) is 4.83. The standard InChI is InChI=1S/C9H18N2OS/c1-7-8(4-6-13-7)11-5-2-3-9(10)12/h7-8,11H,2-6H2,1H3,(H2,10,12). The van der Waals surface area contributed by atoms with Crippen molar-refractivity contribution in [1.29, 1.82) is 0 Å². The van der Waals surface area contributed by atoms with Crippen LogP contribution < -0.4 is 11.1 Å². The fourth-order valence-corrected chi connectivity index (χ4v) is 2.78. The molecule has 0 bridgehead atoms. The molecule has 0 aromatic rings. The second-order valence-electron chi connectivity index (χ2n) is 3.50. The fraction of sp³-hybridized carbons (Fsp3) is 0.889. The molecule has 0 aliphatic carbocycles. The van der Waals surface area contributed by atoms with E-state index in [9.17, 15) is 4.79 Å². The molecule has 3 nitrogen and oxygen atoms in total. The van der Waals surface area contributed by atoms with Crippen LogP contribution in [0.15, 0.2) is 0 Å². The molecular formula is C9H18N2OS. The number of carbonyl (C=O) groups is 1. The molecule has 1 aliphatic heterocycles. The topological polar surface area (TPSA) is 55.1 Å². The highest BCUT2D eigenvalue weighted by Gasteiger charge is 2.22. The molecule has 0 spiro atoms. The highest BCUT2D eigenvalue weighted by atomic mass is 32.2. The van der Waals surface area contributed by atoms with Gasteiger partial charge in [-0.1, -0.05) is 6.92 Å². The quantitative estimate of drug-likeness (QED) is 0.646. The van der Waals surface area contributed by atoms with E-state index in [4.69, 9.17) is 5.73 Å². The number of nitrogens with one attached hydrogen (secondary N) is 1. The van der Waals surface area contributed by atoms with E-state index in [0.29, 0.717) is 17.7 Å². The molecule has 4 heteroatoms. The molecule has 13 heavy (non-hydrogen) atoms.